The molecule has 2 rings (SSSR count). The average Bonchev–Trinajstić information content (AvgIpc) is 2.97. The molecule has 3 unspecified atom stereocenters. The molecule has 2 bridgehead atoms. The van der Waals surface area contributed by atoms with Gasteiger partial charge < -0.3 is 15.5 Å². The zero-order valence-corrected chi connectivity index (χ0v) is 11.1. The van der Waals surface area contributed by atoms with Crippen LogP contribution in [0.4, 0.5) is 0 Å². The lowest BCUT2D eigenvalue weighted by Gasteiger charge is -2.26. The summed E-state index contributed by atoms with van der Waals surface area (Å²) in [6, 6.07) is -0.0740. The van der Waals surface area contributed by atoms with E-state index in [1.54, 1.807) is 0 Å². The van der Waals surface area contributed by atoms with Crippen LogP contribution in [0.5, 0.6) is 0 Å². The van der Waals surface area contributed by atoms with Gasteiger partial charge in [-0.3, -0.25) is 9.59 Å². The number of hydrogen-bond donors (Lipinski definition) is 3. The average molecular weight is 267 g/mol. The van der Waals surface area contributed by atoms with E-state index in [0.29, 0.717) is 6.42 Å². The molecule has 3 N–H and O–H groups in total. The third-order valence-corrected chi connectivity index (χ3v) is 4.36. The molecule has 1 amide bonds. The predicted octanol–water partition coefficient (Wildman–Crippen LogP) is 0.787. The Morgan fingerprint density at radius 2 is 1.95 bits per heavy atom. The SMILES string of the molecule is CCC(CCO)NC(=O)[C@H]1C2C=CC(C2)[C@H]1C(=O)O. The molecule has 106 valence electrons. The lowest BCUT2D eigenvalue weighted by molar-refractivity contribution is -0.148. The second kappa shape index (κ2) is 5.74. The molecule has 0 aromatic carbocycles. The second-order valence-corrected chi connectivity index (χ2v) is 5.46. The first-order valence-corrected chi connectivity index (χ1v) is 6.90. The highest BCUT2D eigenvalue weighted by molar-refractivity contribution is 5.87. The second-order valence-electron chi connectivity index (χ2n) is 5.46. The lowest BCUT2D eigenvalue weighted by atomic mass is 9.82. The number of nitrogens with one attached hydrogen (secondary N) is 1. The molecule has 1 fully saturated rings. The number of carboxylic acid groups (broad SMARTS) is 1. The molecule has 19 heavy (non-hydrogen) atoms. The first kappa shape index (κ1) is 14.1. The fourth-order valence-electron chi connectivity index (χ4n) is 3.35. The molecule has 5 atom stereocenters. The van der Waals surface area contributed by atoms with Gasteiger partial charge in [-0.05, 0) is 31.1 Å². The van der Waals surface area contributed by atoms with Gasteiger partial charge in [0.25, 0.3) is 0 Å². The molecule has 0 aliphatic heterocycles. The van der Waals surface area contributed by atoms with Gasteiger partial charge in [-0.2, -0.15) is 0 Å². The van der Waals surface area contributed by atoms with Gasteiger partial charge in [0.2, 0.25) is 5.91 Å². The number of fused-ring (bicyclic) bond motifs is 2. The Hall–Kier alpha value is -1.36. The van der Waals surface area contributed by atoms with Gasteiger partial charge in [0.15, 0.2) is 0 Å². The van der Waals surface area contributed by atoms with Crippen LogP contribution in [0, 0.1) is 23.7 Å². The van der Waals surface area contributed by atoms with E-state index in [1.165, 1.54) is 0 Å². The quantitative estimate of drug-likeness (QED) is 0.621. The molecule has 5 heteroatoms. The Bertz CT molecular complexity index is 393. The predicted molar refractivity (Wildman–Crippen MR) is 69.3 cm³/mol. The van der Waals surface area contributed by atoms with E-state index < -0.39 is 17.8 Å². The van der Waals surface area contributed by atoms with Gasteiger partial charge in [-0.15, -0.1) is 0 Å². The number of amides is 1. The minimum Gasteiger partial charge on any atom is -0.481 e. The molecular formula is C14H21NO4. The van der Waals surface area contributed by atoms with Gasteiger partial charge in [0.1, 0.15) is 0 Å². The van der Waals surface area contributed by atoms with Gasteiger partial charge in [0, 0.05) is 12.6 Å². The van der Waals surface area contributed by atoms with Crippen LogP contribution in [-0.2, 0) is 9.59 Å². The largest absolute Gasteiger partial charge is 0.481 e. The summed E-state index contributed by atoms with van der Waals surface area (Å²) in [7, 11) is 0. The minimum absolute atomic E-state index is 0.00355. The maximum atomic E-state index is 12.3. The summed E-state index contributed by atoms with van der Waals surface area (Å²) in [6.07, 6.45) is 5.92. The van der Waals surface area contributed by atoms with Gasteiger partial charge in [-0.1, -0.05) is 19.1 Å². The van der Waals surface area contributed by atoms with Crippen molar-refractivity contribution in [1.82, 2.24) is 5.32 Å². The Morgan fingerprint density at radius 3 is 2.47 bits per heavy atom. The summed E-state index contributed by atoms with van der Waals surface area (Å²) >= 11 is 0. The number of aliphatic hydroxyl groups excluding tert-OH is 1. The van der Waals surface area contributed by atoms with Crippen LogP contribution in [0.3, 0.4) is 0 Å². The van der Waals surface area contributed by atoms with Gasteiger partial charge >= 0.3 is 5.97 Å². The maximum Gasteiger partial charge on any atom is 0.307 e. The highest BCUT2D eigenvalue weighted by Gasteiger charge is 2.51. The van der Waals surface area contributed by atoms with Crippen molar-refractivity contribution in [3.63, 3.8) is 0 Å². The van der Waals surface area contributed by atoms with E-state index >= 15 is 0 Å². The first-order valence-electron chi connectivity index (χ1n) is 6.90. The van der Waals surface area contributed by atoms with Crippen molar-refractivity contribution in [3.8, 4) is 0 Å². The summed E-state index contributed by atoms with van der Waals surface area (Å²) in [6.45, 7) is 1.97. The summed E-state index contributed by atoms with van der Waals surface area (Å²) in [5.41, 5.74) is 0. The van der Waals surface area contributed by atoms with Crippen LogP contribution >= 0.6 is 0 Å². The molecular weight excluding hydrogens is 246 g/mol. The van der Waals surface area contributed by atoms with Gasteiger partial charge in [0.05, 0.1) is 11.8 Å². The van der Waals surface area contributed by atoms with E-state index in [1.807, 2.05) is 19.1 Å². The molecule has 0 heterocycles. The van der Waals surface area contributed by atoms with E-state index in [0.717, 1.165) is 12.8 Å². The number of carboxylic acids is 1. The Balaban J connectivity index is 2.05. The van der Waals surface area contributed by atoms with Crippen molar-refractivity contribution in [2.24, 2.45) is 23.7 Å². The summed E-state index contributed by atoms with van der Waals surface area (Å²) < 4.78 is 0. The molecule has 1 saturated carbocycles. The van der Waals surface area contributed by atoms with Crippen molar-refractivity contribution in [3.05, 3.63) is 12.2 Å². The molecule has 0 spiro atoms. The van der Waals surface area contributed by atoms with Crippen LogP contribution in [0.25, 0.3) is 0 Å². The van der Waals surface area contributed by atoms with E-state index in [-0.39, 0.29) is 30.4 Å². The zero-order chi connectivity index (χ0) is 14.0. The van der Waals surface area contributed by atoms with Crippen molar-refractivity contribution in [1.29, 1.82) is 0 Å². The number of hydrogen-bond acceptors (Lipinski definition) is 3. The van der Waals surface area contributed by atoms with Crippen LogP contribution in [0.2, 0.25) is 0 Å². The topological polar surface area (TPSA) is 86.6 Å². The van der Waals surface area contributed by atoms with E-state index in [2.05, 4.69) is 5.32 Å². The van der Waals surface area contributed by atoms with E-state index in [4.69, 9.17) is 5.11 Å². The van der Waals surface area contributed by atoms with Crippen molar-refractivity contribution >= 4 is 11.9 Å². The third kappa shape index (κ3) is 2.66. The number of aliphatic carboxylic acids is 1. The number of allylic oxidation sites excluding steroid dienone is 2. The number of carbonyl (C=O) groups excluding carboxylic acids is 1. The van der Waals surface area contributed by atoms with E-state index in [9.17, 15) is 14.7 Å². The standard InChI is InChI=1S/C14H21NO4/c1-2-10(5-6-16)15-13(17)11-8-3-4-9(7-8)12(11)14(18)19/h3-4,8-12,16H,2,5-7H2,1H3,(H,15,17)(H,18,19)/t8?,9?,10?,11-,12+/m0/s1. The molecule has 0 saturated heterocycles. The molecule has 2 aliphatic carbocycles. The molecule has 0 aromatic heterocycles. The summed E-state index contributed by atoms with van der Waals surface area (Å²) in [5.74, 6) is -2.06. The molecule has 2 aliphatic rings. The monoisotopic (exact) mass is 267 g/mol. The smallest absolute Gasteiger partial charge is 0.307 e. The van der Waals surface area contributed by atoms with Crippen molar-refractivity contribution in [2.75, 3.05) is 6.61 Å². The number of rotatable bonds is 6. The summed E-state index contributed by atoms with van der Waals surface area (Å²) in [5, 5.41) is 21.1. The zero-order valence-electron chi connectivity index (χ0n) is 11.1. The Kier molecular flexibility index (Phi) is 4.24. The molecule has 0 radical (unpaired) electrons. The van der Waals surface area contributed by atoms with Crippen LogP contribution in [0.15, 0.2) is 12.2 Å². The normalized spacial score (nSPS) is 33.4. The molecule has 0 aromatic rings. The molecule has 5 nitrogen and oxygen atoms in total. The fraction of sp³-hybridized carbons (Fsp3) is 0.714. The fourth-order valence-corrected chi connectivity index (χ4v) is 3.35. The number of carbonyl (C=O) groups is 2. The Morgan fingerprint density at radius 1 is 1.32 bits per heavy atom. The highest BCUT2D eigenvalue weighted by Crippen LogP contribution is 2.48. The van der Waals surface area contributed by atoms with Crippen LogP contribution < -0.4 is 5.32 Å². The highest BCUT2D eigenvalue weighted by atomic mass is 16.4. The maximum absolute atomic E-state index is 12.3. The van der Waals surface area contributed by atoms with Crippen LogP contribution in [-0.4, -0.2) is 34.7 Å². The minimum atomic E-state index is -0.882. The third-order valence-electron chi connectivity index (χ3n) is 4.36. The number of aliphatic hydroxyl groups is 1. The van der Waals surface area contributed by atoms with Crippen molar-refractivity contribution in [2.45, 2.75) is 32.2 Å². The van der Waals surface area contributed by atoms with Gasteiger partial charge in [-0.25, -0.2) is 0 Å². The summed E-state index contributed by atoms with van der Waals surface area (Å²) in [4.78, 5) is 23.6. The Labute approximate surface area is 112 Å². The first-order chi connectivity index (χ1) is 9.08. The lowest BCUT2D eigenvalue weighted by Crippen LogP contribution is -2.44. The van der Waals surface area contributed by atoms with Crippen molar-refractivity contribution < 1.29 is 19.8 Å². The van der Waals surface area contributed by atoms with Crippen LogP contribution in [0.1, 0.15) is 26.2 Å².